The Morgan fingerprint density at radius 3 is 2.40 bits per heavy atom. The van der Waals surface area contributed by atoms with E-state index in [2.05, 4.69) is 10.3 Å². The number of halogens is 5. The van der Waals surface area contributed by atoms with Crippen LogP contribution in [0.5, 0.6) is 0 Å². The second kappa shape index (κ2) is 3.91. The van der Waals surface area contributed by atoms with Gasteiger partial charge in [-0.25, -0.2) is 13.5 Å². The number of nitrogens with zero attached hydrogens (tertiary/aromatic N) is 3. The molecule has 4 nitrogen and oxygen atoms in total. The number of aromatic nitrogens is 3. The van der Waals surface area contributed by atoms with Crippen LogP contribution in [0, 0.1) is 0 Å². The molecule has 1 aromatic heterocycles. The van der Waals surface area contributed by atoms with Crippen molar-refractivity contribution in [3.8, 4) is 0 Å². The van der Waals surface area contributed by atoms with Crippen molar-refractivity contribution in [1.29, 1.82) is 0 Å². The maximum Gasteiger partial charge on any atom is 0.408 e. The number of carbonyl (C=O) groups excluding carboxylic acids is 1. The molecule has 0 saturated heterocycles. The molecular formula is C6H4F5N3O. The van der Waals surface area contributed by atoms with Gasteiger partial charge in [0.2, 0.25) is 0 Å². The van der Waals surface area contributed by atoms with Gasteiger partial charge in [0, 0.05) is 0 Å². The topological polar surface area (TPSA) is 47.8 Å². The standard InChI is InChI=1S/C6H4F5N3O/c7-5(8)4-3(1-15)12-13-14(4)2-6(9,10)11/h1,5H,2H2. The summed E-state index contributed by atoms with van der Waals surface area (Å²) in [5, 5.41) is 5.73. The van der Waals surface area contributed by atoms with E-state index in [1.54, 1.807) is 0 Å². The normalized spacial score (nSPS) is 12.1. The van der Waals surface area contributed by atoms with Gasteiger partial charge in [0.05, 0.1) is 0 Å². The molecule has 0 aliphatic rings. The third kappa shape index (κ3) is 2.70. The predicted molar refractivity (Wildman–Crippen MR) is 36.4 cm³/mol. The van der Waals surface area contributed by atoms with Gasteiger partial charge in [-0.3, -0.25) is 4.79 Å². The number of hydrogen-bond donors (Lipinski definition) is 0. The van der Waals surface area contributed by atoms with Crippen molar-refractivity contribution in [2.24, 2.45) is 0 Å². The largest absolute Gasteiger partial charge is 0.408 e. The van der Waals surface area contributed by atoms with Crippen molar-refractivity contribution in [2.75, 3.05) is 0 Å². The zero-order chi connectivity index (χ0) is 11.6. The molecule has 1 aromatic rings. The van der Waals surface area contributed by atoms with Crippen LogP contribution >= 0.6 is 0 Å². The van der Waals surface area contributed by atoms with Crippen LogP contribution in [0.4, 0.5) is 22.0 Å². The summed E-state index contributed by atoms with van der Waals surface area (Å²) in [5.41, 5.74) is -1.91. The number of alkyl halides is 5. The Labute approximate surface area is 79.7 Å². The number of aldehydes is 1. The highest BCUT2D eigenvalue weighted by Crippen LogP contribution is 2.24. The average Bonchev–Trinajstić information content (AvgIpc) is 2.44. The van der Waals surface area contributed by atoms with Crippen molar-refractivity contribution in [3.63, 3.8) is 0 Å². The van der Waals surface area contributed by atoms with Crippen LogP contribution in [0.3, 0.4) is 0 Å². The molecule has 9 heteroatoms. The summed E-state index contributed by atoms with van der Waals surface area (Å²) in [6.45, 7) is -1.70. The van der Waals surface area contributed by atoms with E-state index in [4.69, 9.17) is 0 Å². The molecule has 0 atom stereocenters. The van der Waals surface area contributed by atoms with Gasteiger partial charge in [-0.05, 0) is 0 Å². The van der Waals surface area contributed by atoms with E-state index >= 15 is 0 Å². The summed E-state index contributed by atoms with van der Waals surface area (Å²) in [6.07, 6.45) is -8.00. The number of hydrogen-bond acceptors (Lipinski definition) is 3. The molecule has 0 N–H and O–H groups in total. The number of carbonyl (C=O) groups is 1. The van der Waals surface area contributed by atoms with Crippen molar-refractivity contribution in [3.05, 3.63) is 11.4 Å². The molecule has 0 bridgehead atoms. The summed E-state index contributed by atoms with van der Waals surface area (Å²) < 4.78 is 60.1. The summed E-state index contributed by atoms with van der Waals surface area (Å²) in [4.78, 5) is 10.2. The van der Waals surface area contributed by atoms with Gasteiger partial charge in [0.15, 0.2) is 12.0 Å². The first-order valence-corrected chi connectivity index (χ1v) is 3.58. The average molecular weight is 229 g/mol. The molecule has 0 aromatic carbocycles. The molecule has 0 unspecified atom stereocenters. The highest BCUT2D eigenvalue weighted by Gasteiger charge is 2.32. The summed E-state index contributed by atoms with van der Waals surface area (Å²) in [6, 6.07) is 0. The zero-order valence-electron chi connectivity index (χ0n) is 7.00. The molecule has 0 radical (unpaired) electrons. The van der Waals surface area contributed by atoms with Crippen molar-refractivity contribution in [2.45, 2.75) is 19.1 Å². The molecule has 0 aliphatic carbocycles. The minimum absolute atomic E-state index is 0.0333. The smallest absolute Gasteiger partial charge is 0.296 e. The SMILES string of the molecule is O=Cc1nnn(CC(F)(F)F)c1C(F)F. The van der Waals surface area contributed by atoms with Crippen LogP contribution in [-0.2, 0) is 6.54 Å². The quantitative estimate of drug-likeness (QED) is 0.584. The van der Waals surface area contributed by atoms with Gasteiger partial charge in [-0.1, -0.05) is 5.21 Å². The number of rotatable bonds is 3. The highest BCUT2D eigenvalue weighted by atomic mass is 19.4. The Kier molecular flexibility index (Phi) is 3.01. The molecule has 0 saturated carbocycles. The lowest BCUT2D eigenvalue weighted by Gasteiger charge is -2.08. The Bertz CT molecular complexity index is 358. The van der Waals surface area contributed by atoms with E-state index in [0.717, 1.165) is 0 Å². The Hall–Kier alpha value is -1.54. The highest BCUT2D eigenvalue weighted by molar-refractivity contribution is 5.73. The second-order valence-corrected chi connectivity index (χ2v) is 2.55. The van der Waals surface area contributed by atoms with Crippen molar-refractivity contribution < 1.29 is 26.7 Å². The van der Waals surface area contributed by atoms with Crippen LogP contribution < -0.4 is 0 Å². The van der Waals surface area contributed by atoms with Crippen LogP contribution in [-0.4, -0.2) is 27.5 Å². The van der Waals surface area contributed by atoms with E-state index in [0.29, 0.717) is 0 Å². The third-order valence-electron chi connectivity index (χ3n) is 1.45. The monoisotopic (exact) mass is 229 g/mol. The zero-order valence-corrected chi connectivity index (χ0v) is 7.00. The van der Waals surface area contributed by atoms with Crippen LogP contribution in [0.2, 0.25) is 0 Å². The maximum atomic E-state index is 12.3. The van der Waals surface area contributed by atoms with Crippen LogP contribution in [0.15, 0.2) is 0 Å². The lowest BCUT2D eigenvalue weighted by atomic mass is 10.3. The Balaban J connectivity index is 3.08. The first-order chi connectivity index (χ1) is 6.85. The molecule has 1 heterocycles. The fourth-order valence-corrected chi connectivity index (χ4v) is 0.929. The molecule has 0 fully saturated rings. The molecule has 84 valence electrons. The third-order valence-corrected chi connectivity index (χ3v) is 1.45. The molecule has 15 heavy (non-hydrogen) atoms. The molecular weight excluding hydrogens is 225 g/mol. The lowest BCUT2D eigenvalue weighted by molar-refractivity contribution is -0.144. The molecule has 0 amide bonds. The van der Waals surface area contributed by atoms with Gasteiger partial charge in [-0.2, -0.15) is 13.2 Å². The second-order valence-electron chi connectivity index (χ2n) is 2.55. The fraction of sp³-hybridized carbons (Fsp3) is 0.500. The predicted octanol–water partition coefficient (Wildman–Crippen LogP) is 1.59. The maximum absolute atomic E-state index is 12.3. The van der Waals surface area contributed by atoms with Crippen molar-refractivity contribution in [1.82, 2.24) is 15.0 Å². The van der Waals surface area contributed by atoms with Gasteiger partial charge >= 0.3 is 6.18 Å². The van der Waals surface area contributed by atoms with E-state index in [1.165, 1.54) is 0 Å². The first-order valence-electron chi connectivity index (χ1n) is 3.58. The Morgan fingerprint density at radius 1 is 1.40 bits per heavy atom. The summed E-state index contributed by atoms with van der Waals surface area (Å²) in [7, 11) is 0. The lowest BCUT2D eigenvalue weighted by Crippen LogP contribution is -2.20. The Morgan fingerprint density at radius 2 is 2.00 bits per heavy atom. The molecule has 1 rings (SSSR count). The molecule has 0 aliphatic heterocycles. The van der Waals surface area contributed by atoms with E-state index in [-0.39, 0.29) is 11.0 Å². The van der Waals surface area contributed by atoms with Gasteiger partial charge in [-0.15, -0.1) is 5.10 Å². The van der Waals surface area contributed by atoms with E-state index in [9.17, 15) is 26.7 Å². The minimum atomic E-state index is -4.70. The summed E-state index contributed by atoms with van der Waals surface area (Å²) in [5.74, 6) is 0. The molecule has 0 spiro atoms. The summed E-state index contributed by atoms with van der Waals surface area (Å²) >= 11 is 0. The first kappa shape index (κ1) is 11.5. The minimum Gasteiger partial charge on any atom is -0.296 e. The van der Waals surface area contributed by atoms with E-state index in [1.807, 2.05) is 0 Å². The fourth-order valence-electron chi connectivity index (χ4n) is 0.929. The van der Waals surface area contributed by atoms with Gasteiger partial charge < -0.3 is 0 Å². The van der Waals surface area contributed by atoms with Crippen LogP contribution in [0.25, 0.3) is 0 Å². The van der Waals surface area contributed by atoms with E-state index < -0.39 is 30.5 Å². The van der Waals surface area contributed by atoms with Gasteiger partial charge in [0.25, 0.3) is 6.43 Å². The van der Waals surface area contributed by atoms with Crippen molar-refractivity contribution >= 4 is 6.29 Å². The van der Waals surface area contributed by atoms with Crippen LogP contribution in [0.1, 0.15) is 22.6 Å². The van der Waals surface area contributed by atoms with Gasteiger partial charge in [0.1, 0.15) is 12.2 Å².